The molecule has 0 unspecified atom stereocenters. The SMILES string of the molecule is Cc1nc(O)nc2cnn(C)c12. The molecule has 0 fully saturated rings. The Morgan fingerprint density at radius 3 is 2.92 bits per heavy atom. The van der Waals surface area contributed by atoms with Crippen LogP contribution < -0.4 is 0 Å². The van der Waals surface area contributed by atoms with Crippen molar-refractivity contribution in [3.63, 3.8) is 0 Å². The number of fused-ring (bicyclic) bond motifs is 1. The lowest BCUT2D eigenvalue weighted by Crippen LogP contribution is -1.94. The van der Waals surface area contributed by atoms with E-state index in [1.807, 2.05) is 14.0 Å². The summed E-state index contributed by atoms with van der Waals surface area (Å²) in [4.78, 5) is 7.64. The van der Waals surface area contributed by atoms with Crippen LogP contribution in [0.15, 0.2) is 6.20 Å². The van der Waals surface area contributed by atoms with Crippen LogP contribution in [-0.2, 0) is 7.05 Å². The van der Waals surface area contributed by atoms with Gasteiger partial charge in [-0.2, -0.15) is 15.1 Å². The predicted molar refractivity (Wildman–Crippen MR) is 42.7 cm³/mol. The van der Waals surface area contributed by atoms with Crippen molar-refractivity contribution < 1.29 is 5.11 Å². The zero-order valence-electron chi connectivity index (χ0n) is 6.81. The van der Waals surface area contributed by atoms with Gasteiger partial charge >= 0.3 is 6.01 Å². The molecule has 0 saturated heterocycles. The second kappa shape index (κ2) is 2.17. The van der Waals surface area contributed by atoms with Gasteiger partial charge in [0.2, 0.25) is 0 Å². The van der Waals surface area contributed by atoms with Crippen molar-refractivity contribution in [1.29, 1.82) is 0 Å². The van der Waals surface area contributed by atoms with E-state index in [4.69, 9.17) is 5.11 Å². The van der Waals surface area contributed by atoms with E-state index in [9.17, 15) is 0 Å². The maximum atomic E-state index is 9.06. The van der Waals surface area contributed by atoms with Crippen LogP contribution in [0.5, 0.6) is 6.01 Å². The summed E-state index contributed by atoms with van der Waals surface area (Å²) in [6, 6.07) is -0.201. The van der Waals surface area contributed by atoms with E-state index in [1.165, 1.54) is 0 Å². The maximum Gasteiger partial charge on any atom is 0.314 e. The average molecular weight is 164 g/mol. The highest BCUT2D eigenvalue weighted by Crippen LogP contribution is 2.15. The molecule has 12 heavy (non-hydrogen) atoms. The first-order valence-electron chi connectivity index (χ1n) is 3.54. The topological polar surface area (TPSA) is 63.8 Å². The molecule has 62 valence electrons. The minimum atomic E-state index is -0.201. The molecular formula is C7H8N4O. The molecule has 5 heteroatoms. The van der Waals surface area contributed by atoms with E-state index in [1.54, 1.807) is 10.9 Å². The van der Waals surface area contributed by atoms with Crippen LogP contribution in [0.4, 0.5) is 0 Å². The van der Waals surface area contributed by atoms with Crippen molar-refractivity contribution in [3.8, 4) is 6.01 Å². The van der Waals surface area contributed by atoms with E-state index >= 15 is 0 Å². The summed E-state index contributed by atoms with van der Waals surface area (Å²) >= 11 is 0. The third-order valence-corrected chi connectivity index (χ3v) is 1.75. The minimum absolute atomic E-state index is 0.201. The van der Waals surface area contributed by atoms with Gasteiger partial charge in [0, 0.05) is 7.05 Å². The van der Waals surface area contributed by atoms with Gasteiger partial charge in [-0.15, -0.1) is 0 Å². The van der Waals surface area contributed by atoms with Gasteiger partial charge in [-0.05, 0) is 6.92 Å². The van der Waals surface area contributed by atoms with Crippen LogP contribution in [0.3, 0.4) is 0 Å². The Bertz CT molecular complexity index is 434. The molecule has 0 atom stereocenters. The van der Waals surface area contributed by atoms with Crippen molar-refractivity contribution in [3.05, 3.63) is 11.9 Å². The van der Waals surface area contributed by atoms with E-state index in [0.717, 1.165) is 11.2 Å². The van der Waals surface area contributed by atoms with Gasteiger partial charge in [-0.25, -0.2) is 0 Å². The Labute approximate surface area is 68.7 Å². The molecular weight excluding hydrogens is 156 g/mol. The third-order valence-electron chi connectivity index (χ3n) is 1.75. The number of aromatic nitrogens is 4. The second-order valence-electron chi connectivity index (χ2n) is 2.61. The molecule has 2 aromatic rings. The van der Waals surface area contributed by atoms with Gasteiger partial charge in [0.1, 0.15) is 11.0 Å². The first-order valence-corrected chi connectivity index (χ1v) is 3.54. The number of hydrogen-bond acceptors (Lipinski definition) is 4. The average Bonchev–Trinajstić information content (AvgIpc) is 2.31. The molecule has 5 nitrogen and oxygen atoms in total. The second-order valence-corrected chi connectivity index (χ2v) is 2.61. The zero-order chi connectivity index (χ0) is 8.72. The van der Waals surface area contributed by atoms with E-state index in [-0.39, 0.29) is 6.01 Å². The molecule has 0 aliphatic heterocycles. The van der Waals surface area contributed by atoms with Crippen LogP contribution in [0.25, 0.3) is 11.0 Å². The Hall–Kier alpha value is -1.65. The molecule has 0 aliphatic carbocycles. The lowest BCUT2D eigenvalue weighted by molar-refractivity contribution is 0.431. The highest BCUT2D eigenvalue weighted by Gasteiger charge is 2.06. The van der Waals surface area contributed by atoms with Crippen LogP contribution in [0, 0.1) is 6.92 Å². The van der Waals surface area contributed by atoms with Gasteiger partial charge < -0.3 is 5.11 Å². The molecule has 2 rings (SSSR count). The molecule has 0 radical (unpaired) electrons. The Morgan fingerprint density at radius 1 is 1.42 bits per heavy atom. The Morgan fingerprint density at radius 2 is 2.17 bits per heavy atom. The number of aryl methyl sites for hydroxylation is 2. The Balaban J connectivity index is 2.93. The number of rotatable bonds is 0. The summed E-state index contributed by atoms with van der Waals surface area (Å²) in [7, 11) is 1.82. The van der Waals surface area contributed by atoms with Crippen LogP contribution in [-0.4, -0.2) is 24.9 Å². The standard InChI is InChI=1S/C7H8N4O/c1-4-6-5(3-8-11(6)2)10-7(12)9-4/h3H,1-2H3,(H,9,10,12). The summed E-state index contributed by atoms with van der Waals surface area (Å²) in [6.45, 7) is 1.81. The van der Waals surface area contributed by atoms with Crippen molar-refractivity contribution in [2.75, 3.05) is 0 Å². The smallest absolute Gasteiger partial charge is 0.314 e. The lowest BCUT2D eigenvalue weighted by atomic mass is 10.3. The fraction of sp³-hybridized carbons (Fsp3) is 0.286. The van der Waals surface area contributed by atoms with Crippen molar-refractivity contribution in [2.24, 2.45) is 7.05 Å². The summed E-state index contributed by atoms with van der Waals surface area (Å²) in [5.74, 6) is 0. The molecule has 2 aromatic heterocycles. The van der Waals surface area contributed by atoms with E-state index in [2.05, 4.69) is 15.1 Å². The zero-order valence-corrected chi connectivity index (χ0v) is 6.81. The summed E-state index contributed by atoms with van der Waals surface area (Å²) < 4.78 is 1.68. The van der Waals surface area contributed by atoms with Gasteiger partial charge in [-0.1, -0.05) is 0 Å². The largest absolute Gasteiger partial charge is 0.479 e. The first-order chi connectivity index (χ1) is 5.68. The third kappa shape index (κ3) is 0.827. The first kappa shape index (κ1) is 7.02. The number of nitrogens with zero attached hydrogens (tertiary/aromatic N) is 4. The van der Waals surface area contributed by atoms with Gasteiger partial charge in [0.25, 0.3) is 0 Å². The highest BCUT2D eigenvalue weighted by atomic mass is 16.3. The molecule has 1 N–H and O–H groups in total. The van der Waals surface area contributed by atoms with Gasteiger partial charge in [-0.3, -0.25) is 4.68 Å². The maximum absolute atomic E-state index is 9.06. The summed E-state index contributed by atoms with van der Waals surface area (Å²) in [5.41, 5.74) is 2.26. The van der Waals surface area contributed by atoms with Crippen LogP contribution in [0.1, 0.15) is 5.69 Å². The van der Waals surface area contributed by atoms with Crippen molar-refractivity contribution in [2.45, 2.75) is 6.92 Å². The summed E-state index contributed by atoms with van der Waals surface area (Å²) in [6.07, 6.45) is 1.60. The van der Waals surface area contributed by atoms with Crippen molar-refractivity contribution in [1.82, 2.24) is 19.7 Å². The molecule has 0 spiro atoms. The number of aromatic hydroxyl groups is 1. The highest BCUT2D eigenvalue weighted by molar-refractivity contribution is 5.76. The minimum Gasteiger partial charge on any atom is -0.479 e. The number of hydrogen-bond donors (Lipinski definition) is 1. The normalized spacial score (nSPS) is 10.8. The van der Waals surface area contributed by atoms with Crippen molar-refractivity contribution >= 4 is 11.0 Å². The molecule has 0 aromatic carbocycles. The summed E-state index contributed by atoms with van der Waals surface area (Å²) in [5, 5.41) is 13.1. The Kier molecular flexibility index (Phi) is 1.27. The predicted octanol–water partition coefficient (Wildman–Crippen LogP) is 0.377. The van der Waals surface area contributed by atoms with Gasteiger partial charge in [0.15, 0.2) is 0 Å². The molecule has 0 saturated carbocycles. The monoisotopic (exact) mass is 164 g/mol. The van der Waals surface area contributed by atoms with Crippen LogP contribution in [0.2, 0.25) is 0 Å². The lowest BCUT2D eigenvalue weighted by Gasteiger charge is -1.97. The molecule has 2 heterocycles. The fourth-order valence-corrected chi connectivity index (χ4v) is 1.26. The quantitative estimate of drug-likeness (QED) is 0.611. The van der Waals surface area contributed by atoms with Gasteiger partial charge in [0.05, 0.1) is 11.9 Å². The molecule has 0 aliphatic rings. The fourth-order valence-electron chi connectivity index (χ4n) is 1.26. The molecule has 0 amide bonds. The van der Waals surface area contributed by atoms with E-state index in [0.29, 0.717) is 5.52 Å². The molecule has 0 bridgehead atoms. The van der Waals surface area contributed by atoms with E-state index < -0.39 is 0 Å². The van der Waals surface area contributed by atoms with Crippen LogP contribution >= 0.6 is 0 Å².